The lowest BCUT2D eigenvalue weighted by atomic mass is 10.1. The van der Waals surface area contributed by atoms with E-state index in [1.165, 1.54) is 73.7 Å². The summed E-state index contributed by atoms with van der Waals surface area (Å²) in [6.45, 7) is -6.48. The molecule has 7 aromatic rings. The number of ether oxygens (including phenoxy) is 5. The van der Waals surface area contributed by atoms with Gasteiger partial charge < -0.3 is 29.4 Å². The molecule has 6 heterocycles. The van der Waals surface area contributed by atoms with E-state index in [-0.39, 0.29) is 40.0 Å². The molecule has 456 valence electrons. The Labute approximate surface area is 500 Å². The number of anilines is 1. The predicted octanol–water partition coefficient (Wildman–Crippen LogP) is 11.6. The summed E-state index contributed by atoms with van der Waals surface area (Å²) in [6.07, 6.45) is -2.02. The normalized spacial score (nSPS) is 24.9. The number of benzene rings is 4. The van der Waals surface area contributed by atoms with Crippen molar-refractivity contribution in [3.63, 3.8) is 0 Å². The number of nitrogens with one attached hydrogen (secondary N) is 1. The van der Waals surface area contributed by atoms with Crippen molar-refractivity contribution in [1.29, 1.82) is 0 Å². The number of carbonyl (C=O) groups excluding carboxylic acids is 2. The van der Waals surface area contributed by atoms with E-state index in [1.54, 1.807) is 72.8 Å². The largest absolute Gasteiger partial charge is 0.494 e. The van der Waals surface area contributed by atoms with E-state index in [0.29, 0.717) is 57.4 Å². The minimum absolute atomic E-state index is 0.0110. The van der Waals surface area contributed by atoms with Crippen molar-refractivity contribution in [3.05, 3.63) is 171 Å². The lowest BCUT2D eigenvalue weighted by molar-refractivity contribution is -0.0589. The van der Waals surface area contributed by atoms with E-state index < -0.39 is 99.2 Å². The average Bonchev–Trinajstić information content (AvgIpc) is 1.83. The van der Waals surface area contributed by atoms with Crippen LogP contribution in [0.3, 0.4) is 0 Å². The van der Waals surface area contributed by atoms with Crippen molar-refractivity contribution in [3.8, 4) is 17.2 Å². The Hall–Kier alpha value is -6.57. The summed E-state index contributed by atoms with van der Waals surface area (Å²) < 4.78 is 121. The zero-order valence-electron chi connectivity index (χ0n) is 46.8. The Morgan fingerprint density at radius 2 is 1.21 bits per heavy atom. The van der Waals surface area contributed by atoms with Gasteiger partial charge in [0.1, 0.15) is 53.5 Å². The molecular formula is C58H63F2N7O15P2S2. The van der Waals surface area contributed by atoms with Crippen molar-refractivity contribution < 1.29 is 69.3 Å². The molecule has 28 heteroatoms. The molecule has 3 aliphatic heterocycles. The molecule has 2 bridgehead atoms. The van der Waals surface area contributed by atoms with E-state index in [9.17, 15) is 19.2 Å². The van der Waals surface area contributed by atoms with Gasteiger partial charge in [-0.25, -0.2) is 47.2 Å². The van der Waals surface area contributed by atoms with Crippen molar-refractivity contribution in [2.45, 2.75) is 126 Å². The summed E-state index contributed by atoms with van der Waals surface area (Å²) in [5, 5.41) is 0. The molecule has 2 unspecified atom stereocenters. The molecule has 22 nitrogen and oxygen atoms in total. The highest BCUT2D eigenvalue weighted by Crippen LogP contribution is 2.67. The first-order valence-electron chi connectivity index (χ1n) is 27.9. The third-order valence-electron chi connectivity index (χ3n) is 14.3. The van der Waals surface area contributed by atoms with Gasteiger partial charge in [-0.3, -0.25) is 37.0 Å². The maximum atomic E-state index is 17.4. The molecule has 3 N–H and O–H groups in total. The molecule has 0 aliphatic carbocycles. The number of nitrogen functional groups attached to an aromatic ring is 1. The Kier molecular flexibility index (Phi) is 20.7. The van der Waals surface area contributed by atoms with Crippen molar-refractivity contribution >= 4 is 65.3 Å². The predicted molar refractivity (Wildman–Crippen MR) is 317 cm³/mol. The highest BCUT2D eigenvalue weighted by atomic mass is 32.7. The van der Waals surface area contributed by atoms with Gasteiger partial charge in [-0.1, -0.05) is 93.8 Å². The minimum Gasteiger partial charge on any atom is -0.494 e. The number of nitrogens with zero attached hydrogens (tertiary/aromatic N) is 5. The van der Waals surface area contributed by atoms with Crippen LogP contribution in [-0.2, 0) is 48.2 Å². The molecule has 3 fully saturated rings. The van der Waals surface area contributed by atoms with Gasteiger partial charge in [0.2, 0.25) is 0 Å². The summed E-state index contributed by atoms with van der Waals surface area (Å²) in [4.78, 5) is 66.1. The highest BCUT2D eigenvalue weighted by Gasteiger charge is 2.55. The first kappa shape index (κ1) is 62.5. The number of H-pyrrole nitrogens is 1. The third-order valence-corrected chi connectivity index (χ3v) is 21.6. The number of hydrogen-bond donors (Lipinski definition) is 2. The zero-order chi connectivity index (χ0) is 60.4. The summed E-state index contributed by atoms with van der Waals surface area (Å²) >= 11 is 1.21. The highest BCUT2D eigenvalue weighted by molar-refractivity contribution is 8.55. The molecule has 3 aliphatic rings. The molecule has 0 radical (unpaired) electrons. The van der Waals surface area contributed by atoms with Crippen LogP contribution in [0, 0.1) is 6.92 Å². The van der Waals surface area contributed by atoms with Crippen LogP contribution in [0.5, 0.6) is 17.2 Å². The van der Waals surface area contributed by atoms with Crippen LogP contribution < -0.4 is 31.2 Å². The van der Waals surface area contributed by atoms with E-state index in [2.05, 4.69) is 26.9 Å². The number of hydrogen-bond acceptors (Lipinski definition) is 21. The van der Waals surface area contributed by atoms with Gasteiger partial charge >= 0.3 is 31.2 Å². The maximum Gasteiger partial charge on any atom is 0.390 e. The van der Waals surface area contributed by atoms with Gasteiger partial charge in [0.25, 0.3) is 5.56 Å². The summed E-state index contributed by atoms with van der Waals surface area (Å²) in [7, 11) is 0. The molecule has 3 saturated heterocycles. The van der Waals surface area contributed by atoms with Gasteiger partial charge in [-0.15, -0.1) is 0 Å². The third kappa shape index (κ3) is 15.6. The number of nitrogens with two attached hydrogens (primary N) is 1. The molecule has 0 saturated carbocycles. The molecule has 10 atom stereocenters. The van der Waals surface area contributed by atoms with Crippen LogP contribution in [0.25, 0.3) is 11.2 Å². The average molecular weight is 1260 g/mol. The number of alkyl halides is 2. The Bertz CT molecular complexity index is 3680. The Morgan fingerprint density at radius 1 is 0.663 bits per heavy atom. The molecule has 4 aromatic carbocycles. The first-order chi connectivity index (χ1) is 41.5. The number of carbonyl (C=O) groups is 2. The molecular weight excluding hydrogens is 1200 g/mol. The van der Waals surface area contributed by atoms with Gasteiger partial charge in [0, 0.05) is 23.8 Å². The van der Waals surface area contributed by atoms with E-state index in [1.807, 2.05) is 6.92 Å². The fourth-order valence-corrected chi connectivity index (χ4v) is 16.3. The van der Waals surface area contributed by atoms with Gasteiger partial charge in [0.05, 0.1) is 37.3 Å². The van der Waals surface area contributed by atoms with Crippen LogP contribution in [0.4, 0.5) is 14.6 Å². The second-order valence-corrected chi connectivity index (χ2v) is 28.6. The molecule has 3 aromatic heterocycles. The van der Waals surface area contributed by atoms with Crippen LogP contribution in [-0.4, -0.2) is 97.6 Å². The Morgan fingerprint density at radius 3 is 1.81 bits per heavy atom. The van der Waals surface area contributed by atoms with Crippen molar-refractivity contribution in [1.82, 2.24) is 29.1 Å². The maximum absolute atomic E-state index is 17.4. The van der Waals surface area contributed by atoms with Gasteiger partial charge in [0.15, 0.2) is 36.3 Å². The smallest absolute Gasteiger partial charge is 0.390 e. The summed E-state index contributed by atoms with van der Waals surface area (Å²) in [5.41, 5.74) is 7.06. The number of fused-ring (bicyclic) bond motifs is 4. The van der Waals surface area contributed by atoms with E-state index >= 15 is 17.9 Å². The molecule has 10 rings (SSSR count). The van der Waals surface area contributed by atoms with Crippen molar-refractivity contribution in [2.75, 3.05) is 25.6 Å². The second-order valence-electron chi connectivity index (χ2n) is 20.6. The molecule has 0 amide bonds. The Balaban J connectivity index is 0.871. The number of esters is 2. The van der Waals surface area contributed by atoms with Crippen LogP contribution in [0.2, 0.25) is 0 Å². The second kappa shape index (κ2) is 28.5. The topological polar surface area (TPSA) is 276 Å². The number of unbranched alkanes of at least 4 members (excludes halogenated alkanes) is 7. The lowest BCUT2D eigenvalue weighted by Gasteiger charge is -2.28. The van der Waals surface area contributed by atoms with Crippen LogP contribution in [0.1, 0.15) is 108 Å². The lowest BCUT2D eigenvalue weighted by Crippen LogP contribution is -2.37. The number of aromatic amines is 1. The summed E-state index contributed by atoms with van der Waals surface area (Å²) in [5.74, 6) is -0.448. The molecule has 86 heavy (non-hydrogen) atoms. The fraction of sp³-hybridized carbons (Fsp3) is 0.397. The number of aryl methyl sites for hydroxylation is 1. The number of halogens is 2. The van der Waals surface area contributed by atoms with Gasteiger partial charge in [-0.2, -0.15) is 0 Å². The standard InChI is InChI=1S/C58H63F2N7O15P2S2/c1-3-4-5-6-7-8-9-10-29-74-41-25-19-40(20-26-41)57(70)78-43-23-13-37(14-24-43)32-85-83(72)75-30-44-47(59)51(55(79-44)66-28-27-46(68)65-58(66)71)82-84(73,86-33-38-15-21-42(22-16-38)77-56(69)39-17-11-36(2)12-18-39)76-31-45-50(81-83)48(60)54(80-45)67-35-64-49-52(61)62-34-63-53(49)67/h11-28,34-35,44-45,47-48,50-51,54-55H,3-10,29-33H2,1-2H3,(H2,61,62,63)(H,65,68,71)/t44-,45-,47-,48-,50-,51-,54-,55-,83?,84?/m1/s1. The summed E-state index contributed by atoms with van der Waals surface area (Å²) in [6, 6.07) is 26.9. The van der Waals surface area contributed by atoms with Crippen LogP contribution in [0.15, 0.2) is 132 Å². The number of aromatic nitrogens is 6. The van der Waals surface area contributed by atoms with E-state index in [4.69, 9.17) is 47.5 Å². The zero-order valence-corrected chi connectivity index (χ0v) is 50.2. The number of rotatable bonds is 22. The quantitative estimate of drug-likeness (QED) is 0.0276. The fourth-order valence-electron chi connectivity index (χ4n) is 9.60. The van der Waals surface area contributed by atoms with E-state index in [0.717, 1.165) is 41.6 Å². The molecule has 0 spiro atoms. The monoisotopic (exact) mass is 1260 g/mol. The number of imidazole rings is 1. The minimum atomic E-state index is -4.75. The van der Waals surface area contributed by atoms with Gasteiger partial charge in [-0.05, 0) is 108 Å². The first-order valence-corrected chi connectivity index (χ1v) is 34.2. The van der Waals surface area contributed by atoms with Crippen LogP contribution >= 0.6 is 36.4 Å². The van der Waals surface area contributed by atoms with Crippen molar-refractivity contribution in [2.24, 2.45) is 0 Å². The SMILES string of the molecule is CCCCCCCCCCOc1ccc(C(=O)Oc2ccc(CSP3(=O)OC[C@H]4O[C@@H](n5ccc(=O)[nH]c5=O)[C@H](OP(=O)(SCc5ccc(OC(=O)c6ccc(C)cc6)cc5)OC[C@H]5O[C@@H](n6cnc7c(N)ncnc76)[C@H](F)[C@@H]5O3)[C@@H]4F)cc2)cc1.